The zero-order valence-electron chi connectivity index (χ0n) is 9.96. The second-order valence-corrected chi connectivity index (χ2v) is 5.48. The maximum atomic E-state index is 13.0. The van der Waals surface area contributed by atoms with E-state index in [1.807, 2.05) is 18.7 Å². The number of carbonyl (C=O) groups excluding carboxylic acids is 1. The number of rotatable bonds is 1. The molecule has 1 heterocycles. The lowest BCUT2D eigenvalue weighted by atomic mass is 9.81. The maximum absolute atomic E-state index is 13.0. The molecule has 4 heteroatoms. The topological polar surface area (TPSA) is 20.3 Å². The Bertz CT molecular complexity index is 459. The van der Waals surface area contributed by atoms with Crippen molar-refractivity contribution in [3.05, 3.63) is 29.0 Å². The number of benzene rings is 1. The van der Waals surface area contributed by atoms with Gasteiger partial charge in [-0.05, 0) is 24.6 Å². The molecule has 1 aromatic rings. The SMILES string of the molecule is CC1(C)CCN(c2ccc(F)c(Cl)c2)CC1=O. The molecule has 1 fully saturated rings. The highest BCUT2D eigenvalue weighted by molar-refractivity contribution is 6.31. The maximum Gasteiger partial charge on any atom is 0.157 e. The van der Waals surface area contributed by atoms with Crippen LogP contribution in [0.5, 0.6) is 0 Å². The van der Waals surface area contributed by atoms with Crippen LogP contribution >= 0.6 is 11.6 Å². The van der Waals surface area contributed by atoms with E-state index in [0.29, 0.717) is 6.54 Å². The van der Waals surface area contributed by atoms with E-state index < -0.39 is 5.82 Å². The van der Waals surface area contributed by atoms with Crippen molar-refractivity contribution in [1.82, 2.24) is 0 Å². The van der Waals surface area contributed by atoms with Gasteiger partial charge in [0.1, 0.15) is 5.82 Å². The number of anilines is 1. The summed E-state index contributed by atoms with van der Waals surface area (Å²) in [6.45, 7) is 5.09. The summed E-state index contributed by atoms with van der Waals surface area (Å²) in [5.41, 5.74) is 0.556. The first kappa shape index (κ1) is 12.4. The van der Waals surface area contributed by atoms with E-state index in [1.54, 1.807) is 12.1 Å². The summed E-state index contributed by atoms with van der Waals surface area (Å²) < 4.78 is 13.0. The third-order valence-corrected chi connectivity index (χ3v) is 3.65. The molecule has 0 radical (unpaired) electrons. The first-order valence-electron chi connectivity index (χ1n) is 5.63. The van der Waals surface area contributed by atoms with Gasteiger partial charge in [0.2, 0.25) is 0 Å². The predicted octanol–water partition coefficient (Wildman–Crippen LogP) is 3.28. The van der Waals surface area contributed by atoms with Crippen LogP contribution in [-0.2, 0) is 4.79 Å². The molecular formula is C13H15ClFNO. The van der Waals surface area contributed by atoms with Gasteiger partial charge in [0.15, 0.2) is 5.78 Å². The van der Waals surface area contributed by atoms with Crippen LogP contribution in [0.15, 0.2) is 18.2 Å². The first-order chi connectivity index (χ1) is 7.90. The molecule has 2 nitrogen and oxygen atoms in total. The molecule has 0 saturated carbocycles. The lowest BCUT2D eigenvalue weighted by Crippen LogP contribution is -2.45. The van der Waals surface area contributed by atoms with Crippen LogP contribution in [0.3, 0.4) is 0 Å². The number of carbonyl (C=O) groups is 1. The number of hydrogen-bond acceptors (Lipinski definition) is 2. The van der Waals surface area contributed by atoms with Gasteiger partial charge in [0, 0.05) is 17.6 Å². The molecule has 0 atom stereocenters. The van der Waals surface area contributed by atoms with Crippen molar-refractivity contribution in [2.24, 2.45) is 5.41 Å². The van der Waals surface area contributed by atoms with Gasteiger partial charge in [0.05, 0.1) is 11.6 Å². The molecule has 1 aliphatic rings. The second kappa shape index (κ2) is 4.30. The van der Waals surface area contributed by atoms with E-state index in [2.05, 4.69) is 0 Å². The molecule has 2 rings (SSSR count). The van der Waals surface area contributed by atoms with Crippen molar-refractivity contribution in [3.63, 3.8) is 0 Å². The van der Waals surface area contributed by atoms with E-state index in [4.69, 9.17) is 11.6 Å². The van der Waals surface area contributed by atoms with E-state index in [9.17, 15) is 9.18 Å². The summed E-state index contributed by atoms with van der Waals surface area (Å²) in [6.07, 6.45) is 0.806. The number of halogens is 2. The third kappa shape index (κ3) is 2.44. The summed E-state index contributed by atoms with van der Waals surface area (Å²) in [5, 5.41) is 0.0970. The summed E-state index contributed by atoms with van der Waals surface area (Å²) in [5.74, 6) is -0.219. The van der Waals surface area contributed by atoms with Crippen molar-refractivity contribution < 1.29 is 9.18 Å². The Morgan fingerprint density at radius 3 is 2.71 bits per heavy atom. The molecule has 0 bridgehead atoms. The highest BCUT2D eigenvalue weighted by atomic mass is 35.5. The summed E-state index contributed by atoms with van der Waals surface area (Å²) in [6, 6.07) is 4.57. The van der Waals surface area contributed by atoms with Crippen LogP contribution in [0.4, 0.5) is 10.1 Å². The minimum Gasteiger partial charge on any atom is -0.364 e. The van der Waals surface area contributed by atoms with Gasteiger partial charge in [-0.25, -0.2) is 4.39 Å². The second-order valence-electron chi connectivity index (χ2n) is 5.08. The van der Waals surface area contributed by atoms with Crippen LogP contribution < -0.4 is 4.90 Å². The minimum atomic E-state index is -0.431. The molecule has 0 aromatic heterocycles. The average molecular weight is 256 g/mol. The molecular weight excluding hydrogens is 241 g/mol. The molecule has 0 unspecified atom stereocenters. The van der Waals surface area contributed by atoms with Crippen molar-refractivity contribution in [3.8, 4) is 0 Å². The van der Waals surface area contributed by atoms with Gasteiger partial charge in [-0.15, -0.1) is 0 Å². The highest BCUT2D eigenvalue weighted by Crippen LogP contribution is 2.31. The summed E-state index contributed by atoms with van der Waals surface area (Å²) in [4.78, 5) is 13.8. The molecule has 0 amide bonds. The molecule has 0 aliphatic carbocycles. The Morgan fingerprint density at radius 1 is 1.41 bits per heavy atom. The molecule has 0 spiro atoms. The monoisotopic (exact) mass is 255 g/mol. The lowest BCUT2D eigenvalue weighted by Gasteiger charge is -2.36. The molecule has 92 valence electrons. The fourth-order valence-corrected chi connectivity index (χ4v) is 2.10. The van der Waals surface area contributed by atoms with Gasteiger partial charge in [-0.1, -0.05) is 25.4 Å². The molecule has 1 saturated heterocycles. The first-order valence-corrected chi connectivity index (χ1v) is 6.01. The fraction of sp³-hybridized carbons (Fsp3) is 0.462. The van der Waals surface area contributed by atoms with Gasteiger partial charge < -0.3 is 4.90 Å². The molecule has 1 aromatic carbocycles. The average Bonchev–Trinajstić information content (AvgIpc) is 2.26. The summed E-state index contributed by atoms with van der Waals surface area (Å²) >= 11 is 5.74. The Kier molecular flexibility index (Phi) is 3.13. The van der Waals surface area contributed by atoms with Crippen molar-refractivity contribution in [2.75, 3.05) is 18.0 Å². The minimum absolute atomic E-state index is 0.0970. The molecule has 1 aliphatic heterocycles. The van der Waals surface area contributed by atoms with E-state index in [1.165, 1.54) is 6.07 Å². The summed E-state index contributed by atoms with van der Waals surface area (Å²) in [7, 11) is 0. The van der Waals surface area contributed by atoms with Crippen LogP contribution in [0.2, 0.25) is 5.02 Å². The number of hydrogen-bond donors (Lipinski definition) is 0. The fourth-order valence-electron chi connectivity index (χ4n) is 1.92. The Morgan fingerprint density at radius 2 is 2.12 bits per heavy atom. The van der Waals surface area contributed by atoms with Gasteiger partial charge in [0.25, 0.3) is 0 Å². The number of nitrogens with zero attached hydrogens (tertiary/aromatic N) is 1. The van der Waals surface area contributed by atoms with E-state index in [-0.39, 0.29) is 16.2 Å². The van der Waals surface area contributed by atoms with Crippen LogP contribution in [0.25, 0.3) is 0 Å². The largest absolute Gasteiger partial charge is 0.364 e. The molecule has 0 N–H and O–H groups in total. The Hall–Kier alpha value is -1.09. The lowest BCUT2D eigenvalue weighted by molar-refractivity contribution is -0.127. The van der Waals surface area contributed by atoms with Crippen molar-refractivity contribution >= 4 is 23.1 Å². The quantitative estimate of drug-likeness (QED) is 0.768. The van der Waals surface area contributed by atoms with E-state index >= 15 is 0 Å². The Labute approximate surface area is 105 Å². The van der Waals surface area contributed by atoms with Crippen LogP contribution in [0, 0.1) is 11.2 Å². The number of ketones is 1. The van der Waals surface area contributed by atoms with E-state index in [0.717, 1.165) is 18.7 Å². The van der Waals surface area contributed by atoms with Crippen molar-refractivity contribution in [1.29, 1.82) is 0 Å². The predicted molar refractivity (Wildman–Crippen MR) is 67.0 cm³/mol. The van der Waals surface area contributed by atoms with Gasteiger partial charge in [-0.2, -0.15) is 0 Å². The van der Waals surface area contributed by atoms with Crippen LogP contribution in [0.1, 0.15) is 20.3 Å². The standard InChI is InChI=1S/C13H15ClFNO/c1-13(2)5-6-16(8-12(13)17)9-3-4-11(15)10(14)7-9/h3-4,7H,5-6,8H2,1-2H3. The zero-order valence-corrected chi connectivity index (χ0v) is 10.7. The smallest absolute Gasteiger partial charge is 0.157 e. The molecule has 17 heavy (non-hydrogen) atoms. The zero-order chi connectivity index (χ0) is 12.6. The Balaban J connectivity index is 2.19. The van der Waals surface area contributed by atoms with Gasteiger partial charge in [-0.3, -0.25) is 4.79 Å². The van der Waals surface area contributed by atoms with Gasteiger partial charge >= 0.3 is 0 Å². The van der Waals surface area contributed by atoms with Crippen molar-refractivity contribution in [2.45, 2.75) is 20.3 Å². The normalized spacial score (nSPS) is 19.5. The number of piperidine rings is 1. The third-order valence-electron chi connectivity index (χ3n) is 3.36. The highest BCUT2D eigenvalue weighted by Gasteiger charge is 2.33. The number of Topliss-reactive ketones (excluding diaryl/α,β-unsaturated/α-hetero) is 1. The van der Waals surface area contributed by atoms with Crippen LogP contribution in [-0.4, -0.2) is 18.9 Å².